The van der Waals surface area contributed by atoms with Gasteiger partial charge in [-0.15, -0.1) is 0 Å². The van der Waals surface area contributed by atoms with E-state index >= 15 is 0 Å². The summed E-state index contributed by atoms with van der Waals surface area (Å²) in [6.45, 7) is 3.97. The molecule has 1 aromatic rings. The number of hydrogen-bond acceptors (Lipinski definition) is 6. The number of aliphatic carboxylic acids is 2. The Hall–Kier alpha value is -1.87. The molecular weight excluding hydrogens is 378 g/mol. The number of halogens is 1. The van der Waals surface area contributed by atoms with Crippen LogP contribution in [0.15, 0.2) is 24.3 Å². The average molecular weight is 402 g/mol. The Kier molecular flexibility index (Phi) is 7.85. The van der Waals surface area contributed by atoms with Crippen molar-refractivity contribution in [2.24, 2.45) is 5.92 Å². The molecule has 3 rings (SSSR count). The molecule has 9 heteroatoms. The van der Waals surface area contributed by atoms with Crippen LogP contribution in [0.1, 0.15) is 12.8 Å². The lowest BCUT2D eigenvalue weighted by atomic mass is 9.88. The monoisotopic (exact) mass is 401 g/mol. The lowest BCUT2D eigenvalue weighted by Crippen LogP contribution is -2.53. The molecule has 2 aliphatic rings. The second-order valence-electron chi connectivity index (χ2n) is 6.44. The molecule has 2 saturated heterocycles. The lowest BCUT2D eigenvalue weighted by molar-refractivity contribution is -0.223. The Morgan fingerprint density at radius 2 is 1.96 bits per heavy atom. The van der Waals surface area contributed by atoms with Crippen molar-refractivity contribution >= 4 is 23.5 Å². The fraction of sp³-hybridized carbons (Fsp3) is 0.556. The van der Waals surface area contributed by atoms with Crippen LogP contribution in [0.25, 0.3) is 0 Å². The maximum atomic E-state index is 9.10. The zero-order valence-electron chi connectivity index (χ0n) is 15.1. The molecule has 0 aliphatic carbocycles. The first-order valence-electron chi connectivity index (χ1n) is 8.63. The van der Waals surface area contributed by atoms with Gasteiger partial charge < -0.3 is 29.3 Å². The molecule has 8 nitrogen and oxygen atoms in total. The van der Waals surface area contributed by atoms with E-state index in [0.717, 1.165) is 31.7 Å². The third-order valence-electron chi connectivity index (χ3n) is 4.46. The van der Waals surface area contributed by atoms with Crippen LogP contribution in [0.5, 0.6) is 5.75 Å². The first-order chi connectivity index (χ1) is 12.8. The number of likely N-dealkylation sites (tertiary alicyclic amines) is 1. The van der Waals surface area contributed by atoms with Gasteiger partial charge in [0.05, 0.1) is 26.4 Å². The van der Waals surface area contributed by atoms with Gasteiger partial charge in [0.1, 0.15) is 5.75 Å². The van der Waals surface area contributed by atoms with E-state index in [9.17, 15) is 0 Å². The van der Waals surface area contributed by atoms with Crippen LogP contribution in [-0.4, -0.2) is 72.8 Å². The molecule has 2 N–H and O–H groups in total. The van der Waals surface area contributed by atoms with Gasteiger partial charge in [0.2, 0.25) is 0 Å². The van der Waals surface area contributed by atoms with Crippen LogP contribution < -0.4 is 4.74 Å². The van der Waals surface area contributed by atoms with Crippen molar-refractivity contribution in [2.75, 3.05) is 40.0 Å². The van der Waals surface area contributed by atoms with E-state index in [0.29, 0.717) is 30.8 Å². The summed E-state index contributed by atoms with van der Waals surface area (Å²) < 4.78 is 17.7. The van der Waals surface area contributed by atoms with Crippen molar-refractivity contribution < 1.29 is 34.0 Å². The Morgan fingerprint density at radius 3 is 2.56 bits per heavy atom. The van der Waals surface area contributed by atoms with Gasteiger partial charge >= 0.3 is 11.9 Å². The third-order valence-corrected chi connectivity index (χ3v) is 4.70. The normalized spacial score (nSPS) is 21.3. The summed E-state index contributed by atoms with van der Waals surface area (Å²) in [6.07, 6.45) is 2.01. The first kappa shape index (κ1) is 21.4. The standard InChI is InChI=1S/C16H22ClNO3.C2H2O4/c1-18-7-5-13(16(12-18)20-9-10-21-16)6-8-19-15-4-2-3-14(17)11-15;3-1(4)2(5)6/h2-4,11,13H,5-10,12H2,1H3;(H,3,4)(H,5,6). The van der Waals surface area contributed by atoms with Gasteiger partial charge in [0.15, 0.2) is 5.79 Å². The van der Waals surface area contributed by atoms with E-state index in [1.807, 2.05) is 24.3 Å². The molecule has 2 heterocycles. The molecule has 0 aromatic heterocycles. The topological polar surface area (TPSA) is 106 Å². The summed E-state index contributed by atoms with van der Waals surface area (Å²) in [4.78, 5) is 20.5. The van der Waals surface area contributed by atoms with Gasteiger partial charge in [0.25, 0.3) is 0 Å². The van der Waals surface area contributed by atoms with Crippen LogP contribution in [0.4, 0.5) is 0 Å². The second kappa shape index (κ2) is 9.89. The molecule has 1 aromatic carbocycles. The van der Waals surface area contributed by atoms with Crippen molar-refractivity contribution in [3.63, 3.8) is 0 Å². The summed E-state index contributed by atoms with van der Waals surface area (Å²) >= 11 is 5.96. The number of rotatable bonds is 4. The maximum Gasteiger partial charge on any atom is 0.414 e. The highest BCUT2D eigenvalue weighted by Crippen LogP contribution is 2.37. The Morgan fingerprint density at radius 1 is 1.30 bits per heavy atom. The Balaban J connectivity index is 0.000000380. The van der Waals surface area contributed by atoms with Gasteiger partial charge in [-0.05, 0) is 44.6 Å². The van der Waals surface area contributed by atoms with Crippen LogP contribution in [0.2, 0.25) is 5.02 Å². The van der Waals surface area contributed by atoms with Crippen molar-refractivity contribution in [2.45, 2.75) is 18.6 Å². The second-order valence-corrected chi connectivity index (χ2v) is 6.87. The van der Waals surface area contributed by atoms with Crippen LogP contribution in [-0.2, 0) is 19.1 Å². The molecule has 2 aliphatic heterocycles. The van der Waals surface area contributed by atoms with Crippen LogP contribution in [0, 0.1) is 5.92 Å². The summed E-state index contributed by atoms with van der Waals surface area (Å²) in [5.74, 6) is -2.87. The SMILES string of the molecule is CN1CCC(CCOc2cccc(Cl)c2)C2(C1)OCCO2.O=C(O)C(=O)O. The number of carboxylic acid groups (broad SMARTS) is 2. The number of nitrogens with zero attached hydrogens (tertiary/aromatic N) is 1. The summed E-state index contributed by atoms with van der Waals surface area (Å²) in [7, 11) is 2.12. The molecular formula is C18H24ClNO7. The van der Waals surface area contributed by atoms with E-state index in [1.54, 1.807) is 0 Å². The lowest BCUT2D eigenvalue weighted by Gasteiger charge is -2.43. The van der Waals surface area contributed by atoms with Crippen molar-refractivity contribution in [1.29, 1.82) is 0 Å². The van der Waals surface area contributed by atoms with E-state index in [1.165, 1.54) is 0 Å². The Bertz CT molecular complexity index is 636. The van der Waals surface area contributed by atoms with Gasteiger partial charge in [-0.3, -0.25) is 0 Å². The van der Waals surface area contributed by atoms with E-state index in [2.05, 4.69) is 11.9 Å². The summed E-state index contributed by atoms with van der Waals surface area (Å²) in [6, 6.07) is 7.52. The van der Waals surface area contributed by atoms with Crippen LogP contribution >= 0.6 is 11.6 Å². The third kappa shape index (κ3) is 6.35. The fourth-order valence-electron chi connectivity index (χ4n) is 3.22. The number of ether oxygens (including phenoxy) is 3. The summed E-state index contributed by atoms with van der Waals surface area (Å²) in [5, 5.41) is 15.5. The molecule has 0 saturated carbocycles. The number of hydrogen-bond donors (Lipinski definition) is 2. The minimum Gasteiger partial charge on any atom is -0.494 e. The van der Waals surface area contributed by atoms with Gasteiger partial charge in [-0.2, -0.15) is 0 Å². The minimum absolute atomic E-state index is 0.385. The van der Waals surface area contributed by atoms with Gasteiger partial charge in [0, 0.05) is 10.9 Å². The maximum absolute atomic E-state index is 9.10. The molecule has 1 unspecified atom stereocenters. The predicted molar refractivity (Wildman–Crippen MR) is 97.1 cm³/mol. The number of likely N-dealkylation sites (N-methyl/N-ethyl adjacent to an activating group) is 1. The van der Waals surface area contributed by atoms with Gasteiger partial charge in [-0.25, -0.2) is 9.59 Å². The van der Waals surface area contributed by atoms with E-state index < -0.39 is 17.7 Å². The zero-order chi connectivity index (χ0) is 19.9. The molecule has 0 bridgehead atoms. The van der Waals surface area contributed by atoms with Crippen molar-refractivity contribution in [3.05, 3.63) is 29.3 Å². The highest BCUT2D eigenvalue weighted by atomic mass is 35.5. The minimum atomic E-state index is -1.82. The molecule has 2 fully saturated rings. The highest BCUT2D eigenvalue weighted by Gasteiger charge is 2.47. The largest absolute Gasteiger partial charge is 0.494 e. The Labute approximate surface area is 162 Å². The number of benzene rings is 1. The number of carboxylic acids is 2. The van der Waals surface area contributed by atoms with E-state index in [4.69, 9.17) is 45.6 Å². The molecule has 27 heavy (non-hydrogen) atoms. The molecule has 150 valence electrons. The quantitative estimate of drug-likeness (QED) is 0.737. The van der Waals surface area contributed by atoms with E-state index in [-0.39, 0.29) is 0 Å². The van der Waals surface area contributed by atoms with Crippen molar-refractivity contribution in [1.82, 2.24) is 4.90 Å². The molecule has 1 atom stereocenters. The fourth-order valence-corrected chi connectivity index (χ4v) is 3.40. The first-order valence-corrected chi connectivity index (χ1v) is 9.01. The van der Waals surface area contributed by atoms with Crippen LogP contribution in [0.3, 0.4) is 0 Å². The predicted octanol–water partition coefficient (Wildman–Crippen LogP) is 1.96. The molecule has 0 amide bonds. The molecule has 1 spiro atoms. The number of carbonyl (C=O) groups is 2. The smallest absolute Gasteiger partial charge is 0.414 e. The van der Waals surface area contributed by atoms with Crippen molar-refractivity contribution in [3.8, 4) is 5.75 Å². The number of piperidine rings is 1. The average Bonchev–Trinajstić information content (AvgIpc) is 3.06. The zero-order valence-corrected chi connectivity index (χ0v) is 15.9. The highest BCUT2D eigenvalue weighted by molar-refractivity contribution is 6.30. The van der Waals surface area contributed by atoms with Gasteiger partial charge in [-0.1, -0.05) is 17.7 Å². The summed E-state index contributed by atoms with van der Waals surface area (Å²) in [5.41, 5.74) is 0. The molecule has 0 radical (unpaired) electrons.